The van der Waals surface area contributed by atoms with Crippen molar-refractivity contribution in [1.82, 2.24) is 35.0 Å². The minimum absolute atomic E-state index is 0.728. The number of tetrazole rings is 1. The van der Waals surface area contributed by atoms with Crippen molar-refractivity contribution in [3.63, 3.8) is 0 Å². The van der Waals surface area contributed by atoms with Crippen LogP contribution in [0.15, 0.2) is 12.7 Å². The number of aryl methyl sites for hydroxylation is 3. The SMILES string of the molecule is CCCc1nnnn1CCn1cncn1. The Kier molecular flexibility index (Phi) is 3.01. The molecule has 0 spiro atoms. The molecule has 7 heteroatoms. The number of hydrogen-bond acceptors (Lipinski definition) is 5. The fourth-order valence-corrected chi connectivity index (χ4v) is 1.34. The summed E-state index contributed by atoms with van der Waals surface area (Å²) in [5, 5.41) is 15.6. The quantitative estimate of drug-likeness (QED) is 0.685. The molecule has 0 amide bonds. The predicted molar refractivity (Wildman–Crippen MR) is 51.8 cm³/mol. The highest BCUT2D eigenvalue weighted by molar-refractivity contribution is 4.79. The van der Waals surface area contributed by atoms with E-state index < -0.39 is 0 Å². The van der Waals surface area contributed by atoms with Gasteiger partial charge in [0.25, 0.3) is 0 Å². The monoisotopic (exact) mass is 207 g/mol. The molecular formula is C8H13N7. The molecule has 2 aromatic heterocycles. The van der Waals surface area contributed by atoms with Gasteiger partial charge in [0, 0.05) is 6.42 Å². The summed E-state index contributed by atoms with van der Waals surface area (Å²) in [5.74, 6) is 0.928. The fourth-order valence-electron chi connectivity index (χ4n) is 1.34. The minimum atomic E-state index is 0.728. The van der Waals surface area contributed by atoms with Crippen molar-refractivity contribution in [3.8, 4) is 0 Å². The second kappa shape index (κ2) is 4.63. The first-order valence-corrected chi connectivity index (χ1v) is 4.97. The van der Waals surface area contributed by atoms with Gasteiger partial charge >= 0.3 is 0 Å². The van der Waals surface area contributed by atoms with E-state index in [9.17, 15) is 0 Å². The van der Waals surface area contributed by atoms with Crippen molar-refractivity contribution in [2.45, 2.75) is 32.9 Å². The summed E-state index contributed by atoms with van der Waals surface area (Å²) in [6, 6.07) is 0. The second-order valence-corrected chi connectivity index (χ2v) is 3.23. The first-order valence-electron chi connectivity index (χ1n) is 4.97. The van der Waals surface area contributed by atoms with Crippen LogP contribution in [0.2, 0.25) is 0 Å². The summed E-state index contributed by atoms with van der Waals surface area (Å²) in [4.78, 5) is 3.87. The summed E-state index contributed by atoms with van der Waals surface area (Å²) in [5.41, 5.74) is 0. The normalized spacial score (nSPS) is 10.7. The molecule has 80 valence electrons. The molecule has 0 aromatic carbocycles. The van der Waals surface area contributed by atoms with E-state index in [-0.39, 0.29) is 0 Å². The Morgan fingerprint density at radius 1 is 1.33 bits per heavy atom. The third-order valence-corrected chi connectivity index (χ3v) is 2.09. The van der Waals surface area contributed by atoms with E-state index in [2.05, 4.69) is 32.5 Å². The second-order valence-electron chi connectivity index (χ2n) is 3.23. The molecule has 2 aromatic rings. The minimum Gasteiger partial charge on any atom is -0.251 e. The van der Waals surface area contributed by atoms with Crippen molar-refractivity contribution >= 4 is 0 Å². The van der Waals surface area contributed by atoms with Gasteiger partial charge in [0.1, 0.15) is 12.7 Å². The summed E-state index contributed by atoms with van der Waals surface area (Å²) in [6.45, 7) is 3.57. The van der Waals surface area contributed by atoms with Gasteiger partial charge in [-0.3, -0.25) is 4.68 Å². The van der Waals surface area contributed by atoms with Crippen LogP contribution in [0.1, 0.15) is 19.2 Å². The van der Waals surface area contributed by atoms with E-state index in [1.807, 2.05) is 4.68 Å². The number of rotatable bonds is 5. The molecule has 0 bridgehead atoms. The van der Waals surface area contributed by atoms with Gasteiger partial charge < -0.3 is 0 Å². The van der Waals surface area contributed by atoms with Crippen LogP contribution in [0.4, 0.5) is 0 Å². The lowest BCUT2D eigenvalue weighted by atomic mass is 10.3. The molecule has 0 aliphatic carbocycles. The van der Waals surface area contributed by atoms with Crippen LogP contribution >= 0.6 is 0 Å². The number of hydrogen-bond donors (Lipinski definition) is 0. The zero-order chi connectivity index (χ0) is 10.5. The Hall–Kier alpha value is -1.79. The van der Waals surface area contributed by atoms with E-state index in [0.717, 1.165) is 31.8 Å². The molecular weight excluding hydrogens is 194 g/mol. The van der Waals surface area contributed by atoms with Gasteiger partial charge in [0.15, 0.2) is 5.82 Å². The van der Waals surface area contributed by atoms with Crippen molar-refractivity contribution < 1.29 is 0 Å². The maximum Gasteiger partial charge on any atom is 0.151 e. The molecule has 0 saturated carbocycles. The maximum atomic E-state index is 4.01. The average molecular weight is 207 g/mol. The van der Waals surface area contributed by atoms with Gasteiger partial charge in [-0.1, -0.05) is 6.92 Å². The van der Waals surface area contributed by atoms with Crippen molar-refractivity contribution in [3.05, 3.63) is 18.5 Å². The summed E-state index contributed by atoms with van der Waals surface area (Å²) >= 11 is 0. The van der Waals surface area contributed by atoms with E-state index in [0.29, 0.717) is 0 Å². The predicted octanol–water partition coefficient (Wildman–Crippen LogP) is -0.0827. The van der Waals surface area contributed by atoms with E-state index >= 15 is 0 Å². The molecule has 0 radical (unpaired) electrons. The van der Waals surface area contributed by atoms with Gasteiger partial charge in [-0.15, -0.1) is 5.10 Å². The van der Waals surface area contributed by atoms with Crippen LogP contribution in [0.3, 0.4) is 0 Å². The van der Waals surface area contributed by atoms with Crippen LogP contribution < -0.4 is 0 Å². The van der Waals surface area contributed by atoms with Crippen molar-refractivity contribution in [2.75, 3.05) is 0 Å². The lowest BCUT2D eigenvalue weighted by Crippen LogP contribution is -2.12. The Bertz CT molecular complexity index is 391. The molecule has 0 aliphatic heterocycles. The highest BCUT2D eigenvalue weighted by atomic mass is 15.5. The van der Waals surface area contributed by atoms with Crippen molar-refractivity contribution in [2.24, 2.45) is 0 Å². The largest absolute Gasteiger partial charge is 0.251 e. The fraction of sp³-hybridized carbons (Fsp3) is 0.625. The lowest BCUT2D eigenvalue weighted by molar-refractivity contribution is 0.475. The molecule has 0 N–H and O–H groups in total. The molecule has 0 aliphatic rings. The highest BCUT2D eigenvalue weighted by Crippen LogP contribution is 1.97. The lowest BCUT2D eigenvalue weighted by Gasteiger charge is -2.02. The van der Waals surface area contributed by atoms with E-state index in [1.54, 1.807) is 11.0 Å². The van der Waals surface area contributed by atoms with Gasteiger partial charge in [0.05, 0.1) is 13.1 Å². The van der Waals surface area contributed by atoms with E-state index in [4.69, 9.17) is 0 Å². The summed E-state index contributed by atoms with van der Waals surface area (Å²) < 4.78 is 3.57. The van der Waals surface area contributed by atoms with Crippen molar-refractivity contribution in [1.29, 1.82) is 0 Å². The standard InChI is InChI=1S/C8H13N7/c1-2-3-8-11-12-13-15(8)5-4-14-7-9-6-10-14/h6-7H,2-5H2,1H3. The zero-order valence-corrected chi connectivity index (χ0v) is 8.61. The highest BCUT2D eigenvalue weighted by Gasteiger charge is 2.04. The molecule has 7 nitrogen and oxygen atoms in total. The third kappa shape index (κ3) is 2.36. The zero-order valence-electron chi connectivity index (χ0n) is 8.61. The summed E-state index contributed by atoms with van der Waals surface area (Å²) in [7, 11) is 0. The molecule has 2 heterocycles. The Balaban J connectivity index is 1.95. The van der Waals surface area contributed by atoms with Gasteiger partial charge in [-0.25, -0.2) is 9.67 Å². The van der Waals surface area contributed by atoms with Crippen LogP contribution in [-0.2, 0) is 19.5 Å². The van der Waals surface area contributed by atoms with E-state index in [1.165, 1.54) is 6.33 Å². The Morgan fingerprint density at radius 3 is 3.00 bits per heavy atom. The number of nitrogens with zero attached hydrogens (tertiary/aromatic N) is 7. The van der Waals surface area contributed by atoms with Gasteiger partial charge in [-0.2, -0.15) is 5.10 Å². The molecule has 0 fully saturated rings. The van der Waals surface area contributed by atoms with Crippen LogP contribution in [0, 0.1) is 0 Å². The molecule has 0 unspecified atom stereocenters. The number of aromatic nitrogens is 7. The van der Waals surface area contributed by atoms with Crippen LogP contribution in [0.5, 0.6) is 0 Å². The molecule has 2 rings (SSSR count). The third-order valence-electron chi connectivity index (χ3n) is 2.09. The van der Waals surface area contributed by atoms with Gasteiger partial charge in [-0.05, 0) is 16.8 Å². The topological polar surface area (TPSA) is 74.3 Å². The Morgan fingerprint density at radius 2 is 2.27 bits per heavy atom. The first-order chi connectivity index (χ1) is 7.40. The molecule has 0 saturated heterocycles. The Labute approximate surface area is 87.1 Å². The van der Waals surface area contributed by atoms with Crippen LogP contribution in [0.25, 0.3) is 0 Å². The smallest absolute Gasteiger partial charge is 0.151 e. The summed E-state index contributed by atoms with van der Waals surface area (Å²) in [6.07, 6.45) is 5.16. The first kappa shape index (κ1) is 9.75. The molecule has 0 atom stereocenters. The maximum absolute atomic E-state index is 4.01. The molecule has 15 heavy (non-hydrogen) atoms. The van der Waals surface area contributed by atoms with Crippen LogP contribution in [-0.4, -0.2) is 35.0 Å². The average Bonchev–Trinajstić information content (AvgIpc) is 2.85. The van der Waals surface area contributed by atoms with Gasteiger partial charge in [0.2, 0.25) is 0 Å².